The highest BCUT2D eigenvalue weighted by atomic mass is 32.2. The van der Waals surface area contributed by atoms with E-state index in [0.29, 0.717) is 4.90 Å². The predicted octanol–water partition coefficient (Wildman–Crippen LogP) is 6.01. The van der Waals surface area contributed by atoms with Crippen molar-refractivity contribution in [3.63, 3.8) is 0 Å². The van der Waals surface area contributed by atoms with E-state index in [4.69, 9.17) is 0 Å². The van der Waals surface area contributed by atoms with Crippen LogP contribution in [-0.4, -0.2) is 18.4 Å². The van der Waals surface area contributed by atoms with Crippen LogP contribution in [0.5, 0.6) is 0 Å². The van der Waals surface area contributed by atoms with Crippen molar-refractivity contribution in [3.05, 3.63) is 115 Å². The van der Waals surface area contributed by atoms with Crippen molar-refractivity contribution in [2.75, 3.05) is 5.32 Å². The van der Waals surface area contributed by atoms with Crippen LogP contribution in [0.1, 0.15) is 5.56 Å². The molecule has 0 spiro atoms. The van der Waals surface area contributed by atoms with Gasteiger partial charge in [-0.2, -0.15) is 0 Å². The molecule has 5 nitrogen and oxygen atoms in total. The first-order valence-electron chi connectivity index (χ1n) is 10.5. The molecule has 0 atom stereocenters. The van der Waals surface area contributed by atoms with Crippen molar-refractivity contribution in [1.29, 1.82) is 0 Å². The molecule has 0 aliphatic heterocycles. The Labute approximate surface area is 192 Å². The second-order valence-corrected chi connectivity index (χ2v) is 9.70. The average Bonchev–Trinajstić information content (AvgIpc) is 2.85. The number of nitrogens with zero attached hydrogens (tertiary/aromatic N) is 2. The zero-order valence-electron chi connectivity index (χ0n) is 17.7. The Balaban J connectivity index is 1.43. The number of fused-ring (bicyclic) bond motifs is 1. The number of nitrogens with one attached hydrogen (secondary N) is 1. The van der Waals surface area contributed by atoms with Gasteiger partial charge >= 0.3 is 0 Å². The Morgan fingerprint density at radius 2 is 1.36 bits per heavy atom. The average molecular weight is 452 g/mol. The zero-order chi connectivity index (χ0) is 22.7. The first-order valence-corrected chi connectivity index (χ1v) is 12.2. The van der Waals surface area contributed by atoms with Gasteiger partial charge in [0, 0.05) is 11.1 Å². The van der Waals surface area contributed by atoms with Gasteiger partial charge in [0.1, 0.15) is 12.1 Å². The molecule has 5 aromatic rings. The van der Waals surface area contributed by atoms with Gasteiger partial charge in [0.25, 0.3) is 0 Å². The third kappa shape index (κ3) is 4.61. The number of para-hydroxylation sites is 1. The lowest BCUT2D eigenvalue weighted by atomic mass is 10.0. The SMILES string of the molecule is O=S(=O)(Cc1ccc(-c2ccc3ncnc(Nc4ccccc4)c3c2)cc1)c1ccccc1. The van der Waals surface area contributed by atoms with Crippen molar-refractivity contribution in [2.45, 2.75) is 10.6 Å². The molecule has 0 aliphatic carbocycles. The summed E-state index contributed by atoms with van der Waals surface area (Å²) in [5, 5.41) is 4.27. The van der Waals surface area contributed by atoms with Crippen LogP contribution in [0.15, 0.2) is 114 Å². The van der Waals surface area contributed by atoms with Crippen LogP contribution in [0.3, 0.4) is 0 Å². The summed E-state index contributed by atoms with van der Waals surface area (Å²) < 4.78 is 25.3. The molecule has 6 heteroatoms. The van der Waals surface area contributed by atoms with Crippen LogP contribution < -0.4 is 5.32 Å². The number of hydrogen-bond acceptors (Lipinski definition) is 5. The summed E-state index contributed by atoms with van der Waals surface area (Å²) in [6, 6.07) is 32.1. The lowest BCUT2D eigenvalue weighted by molar-refractivity contribution is 0.595. The largest absolute Gasteiger partial charge is 0.340 e. The van der Waals surface area contributed by atoms with Crippen LogP contribution in [-0.2, 0) is 15.6 Å². The van der Waals surface area contributed by atoms with Crippen LogP contribution in [0.25, 0.3) is 22.0 Å². The minimum Gasteiger partial charge on any atom is -0.340 e. The number of benzene rings is 4. The molecule has 1 aromatic heterocycles. The van der Waals surface area contributed by atoms with Crippen molar-refractivity contribution in [3.8, 4) is 11.1 Å². The van der Waals surface area contributed by atoms with Crippen LogP contribution in [0.2, 0.25) is 0 Å². The monoisotopic (exact) mass is 451 g/mol. The van der Waals surface area contributed by atoms with Gasteiger partial charge in [-0.05, 0) is 53.1 Å². The minimum atomic E-state index is -3.38. The lowest BCUT2D eigenvalue weighted by Crippen LogP contribution is -2.04. The maximum Gasteiger partial charge on any atom is 0.182 e. The zero-order valence-corrected chi connectivity index (χ0v) is 18.5. The third-order valence-corrected chi connectivity index (χ3v) is 7.12. The molecule has 0 aliphatic rings. The Hall–Kier alpha value is -4.03. The van der Waals surface area contributed by atoms with Crippen LogP contribution in [0, 0.1) is 0 Å². The minimum absolute atomic E-state index is 0.0337. The highest BCUT2D eigenvalue weighted by Gasteiger charge is 2.15. The standard InChI is InChI=1S/C27H21N3O2S/c31-33(32,24-9-5-2-6-10-24)18-20-11-13-21(14-12-20)22-15-16-26-25(17-22)27(29-19-28-26)30-23-7-3-1-4-8-23/h1-17,19H,18H2,(H,28,29,30). The summed E-state index contributed by atoms with van der Waals surface area (Å²) in [6.07, 6.45) is 1.55. The van der Waals surface area contributed by atoms with Gasteiger partial charge in [-0.1, -0.05) is 66.7 Å². The lowest BCUT2D eigenvalue weighted by Gasteiger charge is -2.10. The fraction of sp³-hybridized carbons (Fsp3) is 0.0370. The molecule has 4 aromatic carbocycles. The molecule has 0 saturated heterocycles. The molecule has 33 heavy (non-hydrogen) atoms. The third-order valence-electron chi connectivity index (χ3n) is 5.42. The quantitative estimate of drug-likeness (QED) is 0.342. The molecular weight excluding hydrogens is 430 g/mol. The number of anilines is 2. The second kappa shape index (κ2) is 8.84. The number of sulfone groups is 1. The molecule has 0 fully saturated rings. The van der Waals surface area contributed by atoms with Gasteiger partial charge in [0.2, 0.25) is 0 Å². The van der Waals surface area contributed by atoms with E-state index < -0.39 is 9.84 Å². The van der Waals surface area contributed by atoms with Crippen molar-refractivity contribution in [1.82, 2.24) is 9.97 Å². The Morgan fingerprint density at radius 1 is 0.697 bits per heavy atom. The Morgan fingerprint density at radius 3 is 2.09 bits per heavy atom. The first-order chi connectivity index (χ1) is 16.1. The van der Waals surface area contributed by atoms with Gasteiger partial charge in [-0.15, -0.1) is 0 Å². The van der Waals surface area contributed by atoms with E-state index in [1.807, 2.05) is 72.8 Å². The van der Waals surface area contributed by atoms with E-state index in [9.17, 15) is 8.42 Å². The molecule has 5 rings (SSSR count). The Kier molecular flexibility index (Phi) is 5.59. The van der Waals surface area contributed by atoms with E-state index in [-0.39, 0.29) is 5.75 Å². The fourth-order valence-electron chi connectivity index (χ4n) is 3.72. The van der Waals surface area contributed by atoms with Crippen molar-refractivity contribution >= 4 is 32.2 Å². The van der Waals surface area contributed by atoms with Gasteiger partial charge in [0.05, 0.1) is 16.2 Å². The molecule has 0 saturated carbocycles. The summed E-state index contributed by atoms with van der Waals surface area (Å²) in [7, 11) is -3.38. The molecular formula is C27H21N3O2S. The van der Waals surface area contributed by atoms with E-state index in [1.54, 1.807) is 30.6 Å². The van der Waals surface area contributed by atoms with E-state index in [0.717, 1.165) is 39.1 Å². The number of aromatic nitrogens is 2. The second-order valence-electron chi connectivity index (χ2n) is 7.71. The summed E-state index contributed by atoms with van der Waals surface area (Å²) in [6.45, 7) is 0. The predicted molar refractivity (Wildman–Crippen MR) is 132 cm³/mol. The molecule has 0 radical (unpaired) electrons. The summed E-state index contributed by atoms with van der Waals surface area (Å²) in [5.41, 5.74) is 4.54. The van der Waals surface area contributed by atoms with Crippen molar-refractivity contribution in [2.24, 2.45) is 0 Å². The topological polar surface area (TPSA) is 72.0 Å². The number of hydrogen-bond donors (Lipinski definition) is 1. The number of rotatable bonds is 6. The molecule has 1 N–H and O–H groups in total. The first kappa shape index (κ1) is 20.8. The van der Waals surface area contributed by atoms with Gasteiger partial charge in [-0.3, -0.25) is 0 Å². The van der Waals surface area contributed by atoms with E-state index >= 15 is 0 Å². The maximum atomic E-state index is 12.7. The fourth-order valence-corrected chi connectivity index (χ4v) is 5.09. The summed E-state index contributed by atoms with van der Waals surface area (Å²) in [5.74, 6) is 0.701. The van der Waals surface area contributed by atoms with Crippen LogP contribution >= 0.6 is 0 Å². The maximum absolute atomic E-state index is 12.7. The van der Waals surface area contributed by atoms with Crippen molar-refractivity contribution < 1.29 is 8.42 Å². The molecule has 162 valence electrons. The molecule has 0 bridgehead atoms. The van der Waals surface area contributed by atoms with Gasteiger partial charge in [-0.25, -0.2) is 18.4 Å². The van der Waals surface area contributed by atoms with E-state index in [2.05, 4.69) is 21.4 Å². The summed E-state index contributed by atoms with van der Waals surface area (Å²) >= 11 is 0. The highest BCUT2D eigenvalue weighted by Crippen LogP contribution is 2.29. The van der Waals surface area contributed by atoms with E-state index in [1.165, 1.54) is 0 Å². The molecule has 0 unspecified atom stereocenters. The summed E-state index contributed by atoms with van der Waals surface area (Å²) in [4.78, 5) is 9.15. The molecule has 1 heterocycles. The molecule has 0 amide bonds. The smallest absolute Gasteiger partial charge is 0.182 e. The Bertz CT molecular complexity index is 1500. The van der Waals surface area contributed by atoms with Gasteiger partial charge in [0.15, 0.2) is 9.84 Å². The van der Waals surface area contributed by atoms with Crippen LogP contribution in [0.4, 0.5) is 11.5 Å². The normalized spacial score (nSPS) is 11.4. The van der Waals surface area contributed by atoms with Gasteiger partial charge < -0.3 is 5.32 Å². The highest BCUT2D eigenvalue weighted by molar-refractivity contribution is 7.90.